The molecule has 2 heterocycles. The van der Waals surface area contributed by atoms with Gasteiger partial charge < -0.3 is 14.3 Å². The van der Waals surface area contributed by atoms with E-state index in [1.54, 1.807) is 0 Å². The summed E-state index contributed by atoms with van der Waals surface area (Å²) in [6.45, 7) is 26.2. The fraction of sp³-hybridized carbons (Fsp3) is 0.364. The lowest BCUT2D eigenvalue weighted by molar-refractivity contribution is -0.401. The van der Waals surface area contributed by atoms with Gasteiger partial charge in [0, 0.05) is 46.6 Å². The van der Waals surface area contributed by atoms with Crippen molar-refractivity contribution in [3.63, 3.8) is 0 Å². The molecule has 6 nitrogen and oxygen atoms in total. The van der Waals surface area contributed by atoms with Gasteiger partial charge in [-0.1, -0.05) is 86.7 Å². The first-order valence-corrected chi connectivity index (χ1v) is 19.2. The summed E-state index contributed by atoms with van der Waals surface area (Å²) in [6, 6.07) is 26.7. The van der Waals surface area contributed by atoms with E-state index in [4.69, 9.17) is 15.6 Å². The summed E-state index contributed by atoms with van der Waals surface area (Å²) in [7, 11) is 0.786. The molecule has 51 heavy (non-hydrogen) atoms. The molecule has 2 aliphatic rings. The van der Waals surface area contributed by atoms with Crippen LogP contribution in [-0.2, 0) is 19.9 Å². The molecule has 264 valence electrons. The van der Waals surface area contributed by atoms with E-state index in [-0.39, 0.29) is 22.9 Å². The molecule has 7 heteroatoms. The van der Waals surface area contributed by atoms with Crippen molar-refractivity contribution in [3.05, 3.63) is 131 Å². The highest BCUT2D eigenvalue weighted by atomic mass is 31.2. The molecule has 1 atom stereocenters. The predicted octanol–water partition coefficient (Wildman–Crippen LogP) is 11.0. The molecule has 0 aliphatic carbocycles. The summed E-state index contributed by atoms with van der Waals surface area (Å²) in [5.41, 5.74) is 7.14. The molecule has 0 saturated heterocycles. The van der Waals surface area contributed by atoms with E-state index in [2.05, 4.69) is 185 Å². The lowest BCUT2D eigenvalue weighted by atomic mass is 9.79. The number of benzene rings is 4. The number of rotatable bonds is 12. The van der Waals surface area contributed by atoms with Gasteiger partial charge >= 0.3 is 0 Å². The monoisotopic (exact) mass is 699 g/mol. The van der Waals surface area contributed by atoms with Gasteiger partial charge in [0.15, 0.2) is 5.71 Å². The highest BCUT2D eigenvalue weighted by Crippen LogP contribution is 2.53. The molecule has 0 radical (unpaired) electrons. The number of hydrogen-bond donors (Lipinski definition) is 0. The molecular formula is C44H52N4O2P+. The summed E-state index contributed by atoms with van der Waals surface area (Å²) in [5.74, 6) is 0. The summed E-state index contributed by atoms with van der Waals surface area (Å²) in [5, 5.41) is 5.08. The number of nitrogens with zero attached hydrogens (tertiary/aromatic N) is 4. The Morgan fingerprint density at radius 1 is 0.804 bits per heavy atom. The molecular weight excluding hydrogens is 647 g/mol. The van der Waals surface area contributed by atoms with Gasteiger partial charge in [0.2, 0.25) is 12.2 Å². The van der Waals surface area contributed by atoms with E-state index in [0.717, 1.165) is 5.69 Å². The van der Waals surface area contributed by atoms with Crippen LogP contribution in [0.1, 0.15) is 66.5 Å². The van der Waals surface area contributed by atoms with E-state index >= 15 is 0 Å². The first kappa shape index (κ1) is 36.7. The zero-order valence-electron chi connectivity index (χ0n) is 31.6. The smallest absolute Gasteiger partial charge is 0.261 e. The highest BCUT2D eigenvalue weighted by Gasteiger charge is 2.44. The summed E-state index contributed by atoms with van der Waals surface area (Å²) in [4.78, 5) is 5.83. The van der Waals surface area contributed by atoms with Crippen molar-refractivity contribution in [2.45, 2.75) is 78.3 Å². The zero-order valence-corrected chi connectivity index (χ0v) is 32.5. The summed E-state index contributed by atoms with van der Waals surface area (Å²) >= 11 is 0. The van der Waals surface area contributed by atoms with Crippen molar-refractivity contribution in [1.82, 2.24) is 4.67 Å². The van der Waals surface area contributed by atoms with Gasteiger partial charge in [-0.2, -0.15) is 4.58 Å². The minimum absolute atomic E-state index is 0.132. The molecule has 2 aliphatic heterocycles. The molecule has 4 aromatic carbocycles. The SMILES string of the molecule is [C-]#[N+]CCOP(OCN1C(=CC=CC=CC2=[N+](C)c3ccc4ccccc4c3C2(C)C)C(C)(C)c2c1ccc1ccccc21)N(C(C)C)C(C)C. The molecule has 4 aromatic rings. The number of hydrogen-bond acceptors (Lipinski definition) is 4. The standard InChI is InChI=1S/C44H52N4O2P/c1-31(2)48(32(3)4)51(49-29-28-45-9)50-30-47-38-27-25-34-19-15-17-21-36(34)42(38)44(7,8)40(47)23-13-11-12-22-39-43(5,6)41-35-20-16-14-18-33(35)24-26-37(41)46(39)10/h11-27,31-32H,28-30H2,1-8,10H3/q+1. The zero-order chi connectivity index (χ0) is 36.5. The largest absolute Gasteiger partial charge is 0.320 e. The number of anilines is 1. The Morgan fingerprint density at radius 2 is 1.43 bits per heavy atom. The van der Waals surface area contributed by atoms with E-state index in [9.17, 15) is 0 Å². The van der Waals surface area contributed by atoms with Gasteiger partial charge in [-0.25, -0.2) is 11.2 Å². The normalized spacial score (nSPS) is 18.0. The van der Waals surface area contributed by atoms with Crippen LogP contribution >= 0.6 is 8.53 Å². The second-order valence-electron chi connectivity index (χ2n) is 15.1. The molecule has 0 bridgehead atoms. The van der Waals surface area contributed by atoms with Crippen LogP contribution in [0, 0.1) is 6.57 Å². The van der Waals surface area contributed by atoms with Crippen molar-refractivity contribution >= 4 is 47.2 Å². The van der Waals surface area contributed by atoms with Crippen molar-refractivity contribution in [3.8, 4) is 0 Å². The Kier molecular flexibility index (Phi) is 10.7. The molecule has 6 rings (SSSR count). The summed E-state index contributed by atoms with van der Waals surface area (Å²) in [6.07, 6.45) is 11.0. The number of allylic oxidation sites excluding steroid dienone is 6. The third-order valence-electron chi connectivity index (χ3n) is 10.3. The Bertz CT molecular complexity index is 2090. The first-order chi connectivity index (χ1) is 24.4. The minimum Gasteiger partial charge on any atom is -0.320 e. The van der Waals surface area contributed by atoms with Gasteiger partial charge in [-0.05, 0) is 86.9 Å². The first-order valence-electron chi connectivity index (χ1n) is 18.1. The Labute approximate surface area is 306 Å². The molecule has 0 saturated carbocycles. The van der Waals surface area contributed by atoms with Gasteiger partial charge in [0.05, 0.1) is 5.41 Å². The van der Waals surface area contributed by atoms with Gasteiger partial charge in [-0.15, -0.1) is 0 Å². The van der Waals surface area contributed by atoms with E-state index in [1.165, 1.54) is 49.8 Å². The Balaban J connectivity index is 1.32. The molecule has 1 unspecified atom stereocenters. The van der Waals surface area contributed by atoms with Crippen LogP contribution in [0.2, 0.25) is 0 Å². The van der Waals surface area contributed by atoms with Crippen molar-refractivity contribution < 1.29 is 13.6 Å². The average molecular weight is 700 g/mol. The van der Waals surface area contributed by atoms with Crippen molar-refractivity contribution in [2.75, 3.05) is 31.8 Å². The maximum atomic E-state index is 7.28. The van der Waals surface area contributed by atoms with Gasteiger partial charge in [0.25, 0.3) is 8.53 Å². The second-order valence-corrected chi connectivity index (χ2v) is 16.5. The maximum absolute atomic E-state index is 7.28. The van der Waals surface area contributed by atoms with Crippen LogP contribution in [-0.4, -0.2) is 54.0 Å². The topological polar surface area (TPSA) is 32.3 Å². The Morgan fingerprint density at radius 3 is 2.08 bits per heavy atom. The van der Waals surface area contributed by atoms with E-state index in [0.29, 0.717) is 19.9 Å². The van der Waals surface area contributed by atoms with Crippen LogP contribution in [0.5, 0.6) is 0 Å². The minimum atomic E-state index is -1.39. The highest BCUT2D eigenvalue weighted by molar-refractivity contribution is 7.44. The number of fused-ring (bicyclic) bond motifs is 6. The van der Waals surface area contributed by atoms with Gasteiger partial charge in [-0.3, -0.25) is 4.52 Å². The van der Waals surface area contributed by atoms with E-state index < -0.39 is 8.53 Å². The van der Waals surface area contributed by atoms with Crippen LogP contribution in [0.4, 0.5) is 11.4 Å². The molecule has 0 N–H and O–H groups in total. The van der Waals surface area contributed by atoms with Crippen molar-refractivity contribution in [1.29, 1.82) is 0 Å². The lowest BCUT2D eigenvalue weighted by Crippen LogP contribution is -2.35. The average Bonchev–Trinajstić information content (AvgIpc) is 3.44. The molecule has 0 amide bonds. The molecule has 0 aromatic heterocycles. The quantitative estimate of drug-likeness (QED) is 0.0484. The van der Waals surface area contributed by atoms with Crippen LogP contribution in [0.15, 0.2) is 109 Å². The molecule has 0 fully saturated rings. The third-order valence-corrected chi connectivity index (χ3v) is 12.4. The fourth-order valence-electron chi connectivity index (χ4n) is 8.14. The van der Waals surface area contributed by atoms with Gasteiger partial charge in [0.1, 0.15) is 20.4 Å². The molecule has 0 spiro atoms. The predicted molar refractivity (Wildman–Crippen MR) is 216 cm³/mol. The van der Waals surface area contributed by atoms with Crippen LogP contribution in [0.3, 0.4) is 0 Å². The van der Waals surface area contributed by atoms with Crippen LogP contribution < -0.4 is 4.90 Å². The van der Waals surface area contributed by atoms with Crippen molar-refractivity contribution in [2.24, 2.45) is 0 Å². The Hall–Kier alpha value is -4.11. The fourth-order valence-corrected chi connectivity index (χ4v) is 9.69. The maximum Gasteiger partial charge on any atom is 0.261 e. The second kappa shape index (κ2) is 14.9. The third kappa shape index (κ3) is 6.82. The summed E-state index contributed by atoms with van der Waals surface area (Å²) < 4.78 is 17.7. The van der Waals surface area contributed by atoms with E-state index in [1.807, 2.05) is 0 Å². The lowest BCUT2D eigenvalue weighted by Gasteiger charge is -2.36. The van der Waals surface area contributed by atoms with Crippen LogP contribution in [0.25, 0.3) is 26.4 Å².